The van der Waals surface area contributed by atoms with Gasteiger partial charge in [0.25, 0.3) is 0 Å². The Morgan fingerprint density at radius 1 is 1.35 bits per heavy atom. The molecule has 17 heavy (non-hydrogen) atoms. The van der Waals surface area contributed by atoms with Crippen LogP contribution in [0.1, 0.15) is 19.3 Å². The topological polar surface area (TPSA) is 55.2 Å². The Balaban J connectivity index is 2.14. The van der Waals surface area contributed by atoms with Crippen molar-refractivity contribution in [1.82, 2.24) is 0 Å². The van der Waals surface area contributed by atoms with Crippen molar-refractivity contribution < 1.29 is 13.7 Å². The molecule has 4 nitrogen and oxygen atoms in total. The lowest BCUT2D eigenvalue weighted by molar-refractivity contribution is -0.387. The minimum absolute atomic E-state index is 0.00926. The average Bonchev–Trinajstić information content (AvgIpc) is 2.18. The van der Waals surface area contributed by atoms with Crippen LogP contribution >= 0.6 is 0 Å². The van der Waals surface area contributed by atoms with Gasteiger partial charge < -0.3 is 5.32 Å². The summed E-state index contributed by atoms with van der Waals surface area (Å²) in [6.07, 6.45) is 3.33. The van der Waals surface area contributed by atoms with Gasteiger partial charge >= 0.3 is 5.69 Å². The fraction of sp³-hybridized carbons (Fsp3) is 0.455. The summed E-state index contributed by atoms with van der Waals surface area (Å²) < 4.78 is 26.4. The highest BCUT2D eigenvalue weighted by molar-refractivity contribution is 5.53. The summed E-state index contributed by atoms with van der Waals surface area (Å²) in [6, 6.07) is 1.45. The number of nitrogens with zero attached hydrogens (tertiary/aromatic N) is 1. The highest BCUT2D eigenvalue weighted by Crippen LogP contribution is 2.29. The third-order valence-electron chi connectivity index (χ3n) is 3.04. The molecule has 0 amide bonds. The number of nitro groups is 1. The Morgan fingerprint density at radius 3 is 2.59 bits per heavy atom. The molecule has 0 atom stereocenters. The second-order valence-electron chi connectivity index (χ2n) is 4.22. The van der Waals surface area contributed by atoms with E-state index in [-0.39, 0.29) is 5.69 Å². The van der Waals surface area contributed by atoms with Gasteiger partial charge in [-0.15, -0.1) is 0 Å². The third-order valence-corrected chi connectivity index (χ3v) is 3.04. The Hall–Kier alpha value is -1.72. The maximum Gasteiger partial charge on any atom is 0.307 e. The lowest BCUT2D eigenvalue weighted by atomic mass is 9.85. The van der Waals surface area contributed by atoms with Crippen LogP contribution in [-0.4, -0.2) is 11.5 Å². The van der Waals surface area contributed by atoms with Gasteiger partial charge in [0.2, 0.25) is 5.82 Å². The molecule has 0 radical (unpaired) electrons. The number of rotatable bonds is 4. The third kappa shape index (κ3) is 2.51. The molecule has 0 spiro atoms. The summed E-state index contributed by atoms with van der Waals surface area (Å²) in [5.74, 6) is -1.47. The van der Waals surface area contributed by atoms with Crippen molar-refractivity contribution in [1.29, 1.82) is 0 Å². The summed E-state index contributed by atoms with van der Waals surface area (Å²) in [5, 5.41) is 13.3. The molecule has 2 rings (SSSR count). The zero-order valence-corrected chi connectivity index (χ0v) is 9.08. The fourth-order valence-electron chi connectivity index (χ4n) is 1.76. The molecule has 0 saturated heterocycles. The second-order valence-corrected chi connectivity index (χ2v) is 4.22. The number of nitrogens with one attached hydrogen (secondary N) is 1. The predicted molar refractivity (Wildman–Crippen MR) is 58.8 cm³/mol. The van der Waals surface area contributed by atoms with E-state index in [0.29, 0.717) is 18.5 Å². The molecule has 1 N–H and O–H groups in total. The molecule has 1 fully saturated rings. The highest BCUT2D eigenvalue weighted by Gasteiger charge is 2.21. The molecule has 1 aliphatic carbocycles. The maximum absolute atomic E-state index is 13.3. The van der Waals surface area contributed by atoms with Crippen LogP contribution in [0.15, 0.2) is 12.1 Å². The Morgan fingerprint density at radius 2 is 2.06 bits per heavy atom. The van der Waals surface area contributed by atoms with Crippen molar-refractivity contribution >= 4 is 11.4 Å². The molecule has 92 valence electrons. The molecular formula is C11H12F2N2O2. The van der Waals surface area contributed by atoms with Gasteiger partial charge in [-0.1, -0.05) is 6.42 Å². The standard InChI is InChI=1S/C11H12F2N2O2/c12-8-4-9(13)11(15(16)17)5-10(8)14-6-7-2-1-3-7/h4-5,7,14H,1-3,6H2. The molecule has 1 saturated carbocycles. The van der Waals surface area contributed by atoms with Gasteiger partial charge in [0.15, 0.2) is 0 Å². The largest absolute Gasteiger partial charge is 0.382 e. The number of anilines is 1. The molecule has 1 aromatic rings. The maximum atomic E-state index is 13.3. The highest BCUT2D eigenvalue weighted by atomic mass is 19.1. The van der Waals surface area contributed by atoms with E-state index >= 15 is 0 Å². The first kappa shape index (κ1) is 11.8. The van der Waals surface area contributed by atoms with Gasteiger partial charge in [0, 0.05) is 18.7 Å². The second kappa shape index (κ2) is 4.65. The van der Waals surface area contributed by atoms with Crippen molar-refractivity contribution in [3.05, 3.63) is 33.9 Å². The van der Waals surface area contributed by atoms with Gasteiger partial charge in [-0.2, -0.15) is 4.39 Å². The summed E-state index contributed by atoms with van der Waals surface area (Å²) in [4.78, 5) is 9.65. The molecule has 6 heteroatoms. The summed E-state index contributed by atoms with van der Waals surface area (Å²) in [5.41, 5.74) is -0.715. The predicted octanol–water partition coefficient (Wildman–Crippen LogP) is 3.09. The van der Waals surface area contributed by atoms with Crippen LogP contribution in [-0.2, 0) is 0 Å². The summed E-state index contributed by atoms with van der Waals surface area (Å²) >= 11 is 0. The lowest BCUT2D eigenvalue weighted by Crippen LogP contribution is -2.21. The number of benzene rings is 1. The van der Waals surface area contributed by atoms with E-state index in [4.69, 9.17) is 0 Å². The van der Waals surface area contributed by atoms with Crippen LogP contribution in [0.3, 0.4) is 0 Å². The van der Waals surface area contributed by atoms with Crippen molar-refractivity contribution in [2.24, 2.45) is 5.92 Å². The van der Waals surface area contributed by atoms with E-state index in [1.807, 2.05) is 0 Å². The first-order chi connectivity index (χ1) is 8.08. The van der Waals surface area contributed by atoms with E-state index < -0.39 is 22.2 Å². The minimum atomic E-state index is -1.15. The lowest BCUT2D eigenvalue weighted by Gasteiger charge is -2.25. The molecule has 1 aliphatic rings. The molecule has 0 aromatic heterocycles. The van der Waals surface area contributed by atoms with Gasteiger partial charge in [0.05, 0.1) is 10.6 Å². The molecular weight excluding hydrogens is 230 g/mol. The van der Waals surface area contributed by atoms with Crippen molar-refractivity contribution in [2.45, 2.75) is 19.3 Å². The average molecular weight is 242 g/mol. The van der Waals surface area contributed by atoms with Crippen LogP contribution in [0, 0.1) is 27.7 Å². The van der Waals surface area contributed by atoms with E-state index in [0.717, 1.165) is 18.9 Å². The first-order valence-corrected chi connectivity index (χ1v) is 5.45. The summed E-state index contributed by atoms with van der Waals surface area (Å²) in [7, 11) is 0. The van der Waals surface area contributed by atoms with Crippen LogP contribution in [0.25, 0.3) is 0 Å². The number of nitro benzene ring substituents is 1. The van der Waals surface area contributed by atoms with Crippen LogP contribution in [0.2, 0.25) is 0 Å². The normalized spacial score (nSPS) is 15.4. The molecule has 1 aromatic carbocycles. The number of hydrogen-bond acceptors (Lipinski definition) is 3. The Kier molecular flexibility index (Phi) is 3.21. The quantitative estimate of drug-likeness (QED) is 0.652. The van der Waals surface area contributed by atoms with E-state index in [9.17, 15) is 18.9 Å². The van der Waals surface area contributed by atoms with Crippen LogP contribution in [0.5, 0.6) is 0 Å². The van der Waals surface area contributed by atoms with Crippen LogP contribution < -0.4 is 5.32 Å². The van der Waals surface area contributed by atoms with Crippen molar-refractivity contribution in [3.8, 4) is 0 Å². The van der Waals surface area contributed by atoms with Gasteiger partial charge in [-0.05, 0) is 18.8 Å². The smallest absolute Gasteiger partial charge is 0.307 e. The zero-order chi connectivity index (χ0) is 12.4. The van der Waals surface area contributed by atoms with Gasteiger partial charge in [-0.3, -0.25) is 10.1 Å². The van der Waals surface area contributed by atoms with Crippen molar-refractivity contribution in [3.63, 3.8) is 0 Å². The minimum Gasteiger partial charge on any atom is -0.382 e. The Labute approximate surface area is 96.8 Å². The van der Waals surface area contributed by atoms with E-state index in [2.05, 4.69) is 5.32 Å². The first-order valence-electron chi connectivity index (χ1n) is 5.45. The molecule has 0 bridgehead atoms. The Bertz CT molecular complexity index is 447. The van der Waals surface area contributed by atoms with E-state index in [1.54, 1.807) is 0 Å². The number of halogens is 2. The van der Waals surface area contributed by atoms with Crippen molar-refractivity contribution in [2.75, 3.05) is 11.9 Å². The molecule has 0 unspecified atom stereocenters. The molecule has 0 aliphatic heterocycles. The van der Waals surface area contributed by atoms with E-state index in [1.165, 1.54) is 6.42 Å². The molecule has 0 heterocycles. The van der Waals surface area contributed by atoms with Gasteiger partial charge in [-0.25, -0.2) is 4.39 Å². The van der Waals surface area contributed by atoms with Crippen LogP contribution in [0.4, 0.5) is 20.2 Å². The SMILES string of the molecule is O=[N+]([O-])c1cc(NCC2CCC2)c(F)cc1F. The van der Waals surface area contributed by atoms with Gasteiger partial charge in [0.1, 0.15) is 5.82 Å². The fourth-order valence-corrected chi connectivity index (χ4v) is 1.76. The summed E-state index contributed by atoms with van der Waals surface area (Å²) in [6.45, 7) is 0.569. The monoisotopic (exact) mass is 242 g/mol. The number of hydrogen-bond donors (Lipinski definition) is 1. The zero-order valence-electron chi connectivity index (χ0n) is 9.08.